The monoisotopic (exact) mass is 204 g/mol. The summed E-state index contributed by atoms with van der Waals surface area (Å²) in [5.74, 6) is -0.0556. The van der Waals surface area contributed by atoms with Gasteiger partial charge in [0.2, 0.25) is 5.78 Å². The molecule has 0 radical (unpaired) electrons. The molecule has 4 heteroatoms. The highest BCUT2D eigenvalue weighted by Crippen LogP contribution is 2.14. The molecule has 2 N–H and O–H groups in total. The van der Waals surface area contributed by atoms with Crippen LogP contribution in [0.25, 0.3) is 0 Å². The molecule has 0 bridgehead atoms. The van der Waals surface area contributed by atoms with Gasteiger partial charge in [0.05, 0.1) is 16.8 Å². The minimum atomic E-state index is -0.0556. The third-order valence-electron chi connectivity index (χ3n) is 1.76. The Kier molecular flexibility index (Phi) is 2.28. The number of aromatic nitrogens is 1. The first-order chi connectivity index (χ1) is 6.77. The number of rotatable bonds is 2. The predicted octanol–water partition coefficient (Wildman–Crippen LogP) is 1.96. The zero-order valence-corrected chi connectivity index (χ0v) is 8.12. The number of nitrogens with zero attached hydrogens (tertiary/aromatic N) is 1. The maximum atomic E-state index is 11.7. The highest BCUT2D eigenvalue weighted by atomic mass is 32.1. The molecule has 0 saturated heterocycles. The minimum absolute atomic E-state index is 0.0556. The first-order valence-electron chi connectivity index (χ1n) is 4.07. The molecular weight excluding hydrogens is 196 g/mol. The van der Waals surface area contributed by atoms with E-state index in [4.69, 9.17) is 5.73 Å². The highest BCUT2D eigenvalue weighted by molar-refractivity contribution is 7.12. The van der Waals surface area contributed by atoms with Crippen LogP contribution in [-0.2, 0) is 0 Å². The van der Waals surface area contributed by atoms with Gasteiger partial charge in [0.1, 0.15) is 5.69 Å². The summed E-state index contributed by atoms with van der Waals surface area (Å²) in [6.45, 7) is 0. The average molecular weight is 204 g/mol. The average Bonchev–Trinajstić information content (AvgIpc) is 2.71. The summed E-state index contributed by atoms with van der Waals surface area (Å²) in [5.41, 5.74) is 6.47. The second kappa shape index (κ2) is 3.59. The van der Waals surface area contributed by atoms with Crippen molar-refractivity contribution in [2.75, 3.05) is 5.73 Å². The maximum Gasteiger partial charge on any atom is 0.221 e. The molecule has 0 amide bonds. The minimum Gasteiger partial charge on any atom is -0.397 e. The van der Waals surface area contributed by atoms with E-state index in [0.29, 0.717) is 16.3 Å². The number of hydrogen-bond acceptors (Lipinski definition) is 4. The first kappa shape index (κ1) is 8.90. The Morgan fingerprint density at radius 2 is 2.21 bits per heavy atom. The fourth-order valence-corrected chi connectivity index (χ4v) is 1.75. The Labute approximate surface area is 85.2 Å². The van der Waals surface area contributed by atoms with Crippen LogP contribution in [-0.4, -0.2) is 10.8 Å². The van der Waals surface area contributed by atoms with E-state index in [9.17, 15) is 4.79 Å². The van der Waals surface area contributed by atoms with Crippen LogP contribution in [0, 0.1) is 0 Å². The van der Waals surface area contributed by atoms with Gasteiger partial charge in [-0.25, -0.2) is 0 Å². The topological polar surface area (TPSA) is 56.0 Å². The van der Waals surface area contributed by atoms with Crippen molar-refractivity contribution < 1.29 is 4.79 Å². The fraction of sp³-hybridized carbons (Fsp3) is 0. The number of nitrogens with two attached hydrogens (primary N) is 1. The number of hydrogen-bond donors (Lipinski definition) is 1. The van der Waals surface area contributed by atoms with Crippen LogP contribution >= 0.6 is 11.3 Å². The second-order valence-electron chi connectivity index (χ2n) is 2.78. The molecule has 2 aromatic heterocycles. The number of anilines is 1. The van der Waals surface area contributed by atoms with E-state index in [1.54, 1.807) is 18.2 Å². The van der Waals surface area contributed by atoms with Crippen LogP contribution < -0.4 is 5.73 Å². The molecule has 0 fully saturated rings. The molecule has 0 aromatic carbocycles. The van der Waals surface area contributed by atoms with Gasteiger partial charge in [-0.2, -0.15) is 0 Å². The molecule has 2 rings (SSSR count). The molecule has 0 saturated carbocycles. The predicted molar refractivity (Wildman–Crippen MR) is 56.4 cm³/mol. The number of ketones is 1. The third kappa shape index (κ3) is 1.65. The van der Waals surface area contributed by atoms with Crippen LogP contribution in [0.1, 0.15) is 15.4 Å². The van der Waals surface area contributed by atoms with Crippen molar-refractivity contribution in [1.82, 2.24) is 4.98 Å². The molecule has 2 aromatic rings. The Morgan fingerprint density at radius 1 is 1.36 bits per heavy atom. The van der Waals surface area contributed by atoms with E-state index in [1.165, 1.54) is 17.5 Å². The molecule has 14 heavy (non-hydrogen) atoms. The largest absolute Gasteiger partial charge is 0.397 e. The van der Waals surface area contributed by atoms with E-state index >= 15 is 0 Å². The molecule has 0 unspecified atom stereocenters. The van der Waals surface area contributed by atoms with Crippen molar-refractivity contribution in [1.29, 1.82) is 0 Å². The van der Waals surface area contributed by atoms with Crippen molar-refractivity contribution >= 4 is 22.8 Å². The summed E-state index contributed by atoms with van der Waals surface area (Å²) in [4.78, 5) is 16.4. The van der Waals surface area contributed by atoms with Gasteiger partial charge in [0, 0.05) is 0 Å². The van der Waals surface area contributed by atoms with Gasteiger partial charge in [-0.15, -0.1) is 11.3 Å². The van der Waals surface area contributed by atoms with E-state index < -0.39 is 0 Å². The third-order valence-corrected chi connectivity index (χ3v) is 2.63. The normalized spacial score (nSPS) is 10.0. The van der Waals surface area contributed by atoms with Crippen molar-refractivity contribution in [3.8, 4) is 0 Å². The Bertz CT molecular complexity index is 434. The molecule has 0 aliphatic heterocycles. The Balaban J connectivity index is 2.33. The van der Waals surface area contributed by atoms with Crippen LogP contribution in [0.2, 0.25) is 0 Å². The summed E-state index contributed by atoms with van der Waals surface area (Å²) in [6, 6.07) is 6.94. The summed E-state index contributed by atoms with van der Waals surface area (Å²) in [6.07, 6.45) is 1.49. The number of thiophene rings is 1. The van der Waals surface area contributed by atoms with Gasteiger partial charge in [0.25, 0.3) is 0 Å². The Morgan fingerprint density at radius 3 is 2.79 bits per heavy atom. The van der Waals surface area contributed by atoms with Crippen LogP contribution in [0.15, 0.2) is 35.8 Å². The molecule has 0 spiro atoms. The van der Waals surface area contributed by atoms with Gasteiger partial charge < -0.3 is 5.73 Å². The van der Waals surface area contributed by atoms with E-state index in [2.05, 4.69) is 4.98 Å². The number of carbonyl (C=O) groups is 1. The zero-order valence-electron chi connectivity index (χ0n) is 7.31. The quantitative estimate of drug-likeness (QED) is 0.761. The lowest BCUT2D eigenvalue weighted by molar-refractivity contribution is 0.103. The number of pyridine rings is 1. The van der Waals surface area contributed by atoms with Gasteiger partial charge in [-0.05, 0) is 23.6 Å². The van der Waals surface area contributed by atoms with Crippen LogP contribution in [0.5, 0.6) is 0 Å². The molecule has 2 heterocycles. The summed E-state index contributed by atoms with van der Waals surface area (Å²) in [7, 11) is 0. The van der Waals surface area contributed by atoms with Gasteiger partial charge in [0.15, 0.2) is 0 Å². The van der Waals surface area contributed by atoms with Crippen molar-refractivity contribution in [3.63, 3.8) is 0 Å². The maximum absolute atomic E-state index is 11.7. The van der Waals surface area contributed by atoms with Crippen molar-refractivity contribution in [3.05, 3.63) is 46.4 Å². The lowest BCUT2D eigenvalue weighted by atomic mass is 10.2. The van der Waals surface area contributed by atoms with Crippen LogP contribution in [0.3, 0.4) is 0 Å². The van der Waals surface area contributed by atoms with E-state index in [-0.39, 0.29) is 5.78 Å². The summed E-state index contributed by atoms with van der Waals surface area (Å²) in [5, 5.41) is 1.87. The standard InChI is InChI=1S/C10H8N2OS/c11-7-3-4-8(12-6-7)10(13)9-2-1-5-14-9/h1-6H,11H2. The molecule has 70 valence electrons. The number of nitrogen functional groups attached to an aromatic ring is 1. The van der Waals surface area contributed by atoms with Gasteiger partial charge in [-0.1, -0.05) is 6.07 Å². The highest BCUT2D eigenvalue weighted by Gasteiger charge is 2.10. The molecular formula is C10H8N2OS. The van der Waals surface area contributed by atoms with Crippen LogP contribution in [0.4, 0.5) is 5.69 Å². The molecule has 3 nitrogen and oxygen atoms in total. The summed E-state index contributed by atoms with van der Waals surface area (Å²) >= 11 is 1.41. The summed E-state index contributed by atoms with van der Waals surface area (Å²) < 4.78 is 0. The molecule has 0 atom stereocenters. The SMILES string of the molecule is Nc1ccc(C(=O)c2cccs2)nc1. The van der Waals surface area contributed by atoms with E-state index in [0.717, 1.165) is 0 Å². The fourth-order valence-electron chi connectivity index (χ4n) is 1.07. The second-order valence-corrected chi connectivity index (χ2v) is 3.73. The van der Waals surface area contributed by atoms with Gasteiger partial charge >= 0.3 is 0 Å². The van der Waals surface area contributed by atoms with Crippen molar-refractivity contribution in [2.24, 2.45) is 0 Å². The number of carbonyl (C=O) groups excluding carboxylic acids is 1. The smallest absolute Gasteiger partial charge is 0.221 e. The van der Waals surface area contributed by atoms with E-state index in [1.807, 2.05) is 11.4 Å². The first-order valence-corrected chi connectivity index (χ1v) is 4.95. The molecule has 0 aliphatic carbocycles. The zero-order chi connectivity index (χ0) is 9.97. The van der Waals surface area contributed by atoms with Gasteiger partial charge in [-0.3, -0.25) is 9.78 Å². The lowest BCUT2D eigenvalue weighted by Gasteiger charge is -1.97. The Hall–Kier alpha value is -1.68. The lowest BCUT2D eigenvalue weighted by Crippen LogP contribution is -2.01. The van der Waals surface area contributed by atoms with Crippen molar-refractivity contribution in [2.45, 2.75) is 0 Å². The molecule has 0 aliphatic rings.